The normalized spacial score (nSPS) is 10.5. The van der Waals surface area contributed by atoms with Crippen LogP contribution >= 0.6 is 0 Å². The lowest BCUT2D eigenvalue weighted by Gasteiger charge is -1.98. The van der Waals surface area contributed by atoms with Gasteiger partial charge in [-0.15, -0.1) is 0 Å². The van der Waals surface area contributed by atoms with Gasteiger partial charge in [-0.25, -0.2) is 4.39 Å². The zero-order chi connectivity index (χ0) is 8.55. The minimum Gasteiger partial charge on any atom is -0.493 e. The fourth-order valence-corrected chi connectivity index (χ4v) is 1.06. The van der Waals surface area contributed by atoms with E-state index in [1.54, 1.807) is 0 Å². The van der Waals surface area contributed by atoms with E-state index in [4.69, 9.17) is 9.26 Å². The maximum absolute atomic E-state index is 13.0. The van der Waals surface area contributed by atoms with Crippen LogP contribution in [0, 0.1) is 5.82 Å². The van der Waals surface area contributed by atoms with Crippen LogP contribution in [0.5, 0.6) is 5.75 Å². The van der Waals surface area contributed by atoms with Crippen molar-refractivity contribution in [3.63, 3.8) is 0 Å². The zero-order valence-corrected chi connectivity index (χ0v) is 6.37. The maximum atomic E-state index is 13.0. The fourth-order valence-electron chi connectivity index (χ4n) is 1.06. The van der Waals surface area contributed by atoms with Gasteiger partial charge in [0, 0.05) is 0 Å². The van der Waals surface area contributed by atoms with Gasteiger partial charge in [0.05, 0.1) is 18.7 Å². The highest BCUT2D eigenvalue weighted by molar-refractivity contribution is 5.82. The summed E-state index contributed by atoms with van der Waals surface area (Å²) in [5.41, 5.74) is 0.345. The Labute approximate surface area is 67.7 Å². The smallest absolute Gasteiger partial charge is 0.211 e. The van der Waals surface area contributed by atoms with E-state index in [-0.39, 0.29) is 5.82 Å². The molecule has 0 radical (unpaired) electrons. The maximum Gasteiger partial charge on any atom is 0.211 e. The summed E-state index contributed by atoms with van der Waals surface area (Å²) in [5, 5.41) is 3.82. The number of methoxy groups -OCH3 is 1. The van der Waals surface area contributed by atoms with Crippen molar-refractivity contribution in [3.8, 4) is 5.75 Å². The minimum atomic E-state index is -0.355. The molecule has 1 aromatic carbocycles. The number of nitrogens with zero attached hydrogens (tertiary/aromatic N) is 1. The average Bonchev–Trinajstić information content (AvgIpc) is 2.54. The summed E-state index contributed by atoms with van der Waals surface area (Å²) >= 11 is 0. The molecule has 2 aromatic rings. The van der Waals surface area contributed by atoms with Gasteiger partial charge in [-0.2, -0.15) is 0 Å². The topological polar surface area (TPSA) is 35.3 Å². The quantitative estimate of drug-likeness (QED) is 0.651. The number of hydrogen-bond donors (Lipinski definition) is 0. The standard InChI is InChI=1S/C8H6FNO2/c1-11-7-3-2-6(9)5-4-10-12-8(5)7/h2-4H,1H3. The predicted molar refractivity (Wildman–Crippen MR) is 40.5 cm³/mol. The molecule has 12 heavy (non-hydrogen) atoms. The predicted octanol–water partition coefficient (Wildman–Crippen LogP) is 1.98. The van der Waals surface area contributed by atoms with Gasteiger partial charge < -0.3 is 9.26 Å². The van der Waals surface area contributed by atoms with Crippen molar-refractivity contribution < 1.29 is 13.7 Å². The van der Waals surface area contributed by atoms with E-state index in [0.29, 0.717) is 16.7 Å². The van der Waals surface area contributed by atoms with E-state index in [1.165, 1.54) is 25.4 Å². The van der Waals surface area contributed by atoms with Gasteiger partial charge in [0.1, 0.15) is 5.82 Å². The summed E-state index contributed by atoms with van der Waals surface area (Å²) < 4.78 is 22.7. The van der Waals surface area contributed by atoms with Crippen LogP contribution in [0.15, 0.2) is 22.9 Å². The molecule has 0 fully saturated rings. The van der Waals surface area contributed by atoms with Crippen molar-refractivity contribution in [3.05, 3.63) is 24.1 Å². The number of ether oxygens (including phenoxy) is 1. The van der Waals surface area contributed by atoms with Gasteiger partial charge >= 0.3 is 0 Å². The van der Waals surface area contributed by atoms with Crippen LogP contribution in [0.2, 0.25) is 0 Å². The number of fused-ring (bicyclic) bond motifs is 1. The van der Waals surface area contributed by atoms with Crippen LogP contribution in [0.25, 0.3) is 11.0 Å². The summed E-state index contributed by atoms with van der Waals surface area (Å²) in [6, 6.07) is 2.82. The highest BCUT2D eigenvalue weighted by Crippen LogP contribution is 2.26. The Morgan fingerprint density at radius 2 is 2.33 bits per heavy atom. The molecule has 1 heterocycles. The van der Waals surface area contributed by atoms with Crippen molar-refractivity contribution in [1.82, 2.24) is 5.16 Å². The molecule has 0 amide bonds. The first-order chi connectivity index (χ1) is 5.83. The lowest BCUT2D eigenvalue weighted by molar-refractivity contribution is 0.392. The van der Waals surface area contributed by atoms with Crippen LogP contribution in [0.1, 0.15) is 0 Å². The van der Waals surface area contributed by atoms with Crippen molar-refractivity contribution in [2.24, 2.45) is 0 Å². The first-order valence-electron chi connectivity index (χ1n) is 3.40. The van der Waals surface area contributed by atoms with Gasteiger partial charge in [0.2, 0.25) is 5.58 Å². The van der Waals surface area contributed by atoms with Gasteiger partial charge in [-0.1, -0.05) is 5.16 Å². The Morgan fingerprint density at radius 3 is 3.08 bits per heavy atom. The number of benzene rings is 1. The Balaban J connectivity index is 2.82. The molecular weight excluding hydrogens is 161 g/mol. The van der Waals surface area contributed by atoms with E-state index >= 15 is 0 Å². The number of halogens is 1. The molecule has 0 aliphatic rings. The molecule has 4 heteroatoms. The third-order valence-electron chi connectivity index (χ3n) is 1.65. The molecule has 0 aliphatic carbocycles. The van der Waals surface area contributed by atoms with Crippen molar-refractivity contribution >= 4 is 11.0 Å². The van der Waals surface area contributed by atoms with Crippen molar-refractivity contribution in [2.45, 2.75) is 0 Å². The van der Waals surface area contributed by atoms with E-state index in [0.717, 1.165) is 0 Å². The van der Waals surface area contributed by atoms with Crippen LogP contribution in [-0.4, -0.2) is 12.3 Å². The third-order valence-corrected chi connectivity index (χ3v) is 1.65. The van der Waals surface area contributed by atoms with Crippen LogP contribution in [0.3, 0.4) is 0 Å². The largest absolute Gasteiger partial charge is 0.493 e. The van der Waals surface area contributed by atoms with Crippen molar-refractivity contribution in [1.29, 1.82) is 0 Å². The SMILES string of the molecule is COc1ccc(F)c2cnoc12. The average molecular weight is 167 g/mol. The van der Waals surface area contributed by atoms with Crippen molar-refractivity contribution in [2.75, 3.05) is 7.11 Å². The summed E-state index contributed by atoms with van der Waals surface area (Å²) in [6.07, 6.45) is 1.33. The number of aromatic nitrogens is 1. The second-order valence-corrected chi connectivity index (χ2v) is 2.32. The van der Waals surface area contributed by atoms with E-state index in [9.17, 15) is 4.39 Å². The number of rotatable bonds is 1. The lowest BCUT2D eigenvalue weighted by atomic mass is 10.2. The van der Waals surface area contributed by atoms with E-state index in [2.05, 4.69) is 5.16 Å². The first-order valence-corrected chi connectivity index (χ1v) is 3.40. The molecule has 0 spiro atoms. The minimum absolute atomic E-state index is 0.342. The van der Waals surface area contributed by atoms with Crippen LogP contribution in [0.4, 0.5) is 4.39 Å². The summed E-state index contributed by atoms with van der Waals surface area (Å²) in [6.45, 7) is 0. The van der Waals surface area contributed by atoms with E-state index in [1.807, 2.05) is 0 Å². The summed E-state index contributed by atoms with van der Waals surface area (Å²) in [7, 11) is 1.50. The molecule has 0 saturated carbocycles. The Hall–Kier alpha value is -1.58. The zero-order valence-electron chi connectivity index (χ0n) is 6.37. The molecule has 0 unspecified atom stereocenters. The molecule has 62 valence electrons. The number of hydrogen-bond acceptors (Lipinski definition) is 3. The van der Waals surface area contributed by atoms with Gasteiger partial charge in [0.25, 0.3) is 0 Å². The van der Waals surface area contributed by atoms with Gasteiger partial charge in [-0.3, -0.25) is 0 Å². The Kier molecular flexibility index (Phi) is 1.46. The monoisotopic (exact) mass is 167 g/mol. The molecule has 3 nitrogen and oxygen atoms in total. The molecular formula is C8H6FNO2. The van der Waals surface area contributed by atoms with Crippen LogP contribution in [-0.2, 0) is 0 Å². The second-order valence-electron chi connectivity index (χ2n) is 2.32. The highest BCUT2D eigenvalue weighted by Gasteiger charge is 2.09. The molecule has 0 N–H and O–H groups in total. The van der Waals surface area contributed by atoms with Crippen LogP contribution < -0.4 is 4.74 Å². The first kappa shape index (κ1) is 7.09. The molecule has 0 bridgehead atoms. The highest BCUT2D eigenvalue weighted by atomic mass is 19.1. The summed E-state index contributed by atoms with van der Waals surface area (Å²) in [5.74, 6) is 0.135. The summed E-state index contributed by atoms with van der Waals surface area (Å²) in [4.78, 5) is 0. The lowest BCUT2D eigenvalue weighted by Crippen LogP contribution is -1.84. The van der Waals surface area contributed by atoms with Gasteiger partial charge in [0.15, 0.2) is 5.75 Å². The molecule has 0 saturated heterocycles. The Bertz CT molecular complexity index is 410. The molecule has 1 aromatic heterocycles. The molecule has 0 atom stereocenters. The Morgan fingerprint density at radius 1 is 1.50 bits per heavy atom. The molecule has 2 rings (SSSR count). The third kappa shape index (κ3) is 0.845. The molecule has 0 aliphatic heterocycles. The second kappa shape index (κ2) is 2.48. The van der Waals surface area contributed by atoms with Gasteiger partial charge in [-0.05, 0) is 12.1 Å². The fraction of sp³-hybridized carbons (Fsp3) is 0.125. The van der Waals surface area contributed by atoms with E-state index < -0.39 is 0 Å².